The van der Waals surface area contributed by atoms with Gasteiger partial charge in [0.15, 0.2) is 0 Å². The number of aromatic nitrogens is 4. The fraction of sp³-hybridized carbons (Fsp3) is 0.261. The molecular weight excluding hydrogens is 410 g/mol. The Morgan fingerprint density at radius 1 is 1.12 bits per heavy atom. The highest BCUT2D eigenvalue weighted by Gasteiger charge is 2.19. The molecule has 2 aromatic heterocycles. The molecule has 0 radical (unpaired) electrons. The molecule has 4 aromatic rings. The van der Waals surface area contributed by atoms with Gasteiger partial charge in [0.05, 0.1) is 11.0 Å². The predicted octanol–water partition coefficient (Wildman–Crippen LogP) is 2.89. The van der Waals surface area contributed by atoms with Gasteiger partial charge >= 0.3 is 11.1 Å². The molecule has 0 spiro atoms. The SMILES string of the molecule is CC(C)Cn1c(=O)c(=O)[nH]c2cc(-c3noc(C(C)NC(=O)c4ccccc4)n3)ccc21. The van der Waals surface area contributed by atoms with Crippen LogP contribution >= 0.6 is 0 Å². The Labute approximate surface area is 183 Å². The lowest BCUT2D eigenvalue weighted by molar-refractivity contribution is 0.0932. The Morgan fingerprint density at radius 2 is 1.88 bits per heavy atom. The van der Waals surface area contributed by atoms with Crippen LogP contribution in [0.1, 0.15) is 43.1 Å². The number of benzene rings is 2. The third-order valence-electron chi connectivity index (χ3n) is 4.98. The third-order valence-corrected chi connectivity index (χ3v) is 4.98. The minimum absolute atomic E-state index is 0.199. The highest BCUT2D eigenvalue weighted by atomic mass is 16.5. The van der Waals surface area contributed by atoms with Crippen LogP contribution in [0.25, 0.3) is 22.4 Å². The van der Waals surface area contributed by atoms with Crippen LogP contribution in [0, 0.1) is 5.92 Å². The van der Waals surface area contributed by atoms with E-state index in [0.717, 1.165) is 0 Å². The Bertz CT molecular complexity index is 1390. The van der Waals surface area contributed by atoms with Gasteiger partial charge in [0, 0.05) is 17.7 Å². The molecule has 164 valence electrons. The number of carbonyl (C=O) groups is 1. The molecule has 0 aliphatic rings. The summed E-state index contributed by atoms with van der Waals surface area (Å²) < 4.78 is 6.82. The van der Waals surface area contributed by atoms with Crippen LogP contribution in [0.4, 0.5) is 0 Å². The van der Waals surface area contributed by atoms with Crippen LogP contribution in [0.5, 0.6) is 0 Å². The van der Waals surface area contributed by atoms with Crippen molar-refractivity contribution in [3.05, 3.63) is 80.7 Å². The van der Waals surface area contributed by atoms with E-state index in [4.69, 9.17) is 4.52 Å². The number of fused-ring (bicyclic) bond motifs is 1. The van der Waals surface area contributed by atoms with E-state index in [1.807, 2.05) is 19.9 Å². The monoisotopic (exact) mass is 433 g/mol. The largest absolute Gasteiger partial charge is 0.341 e. The molecule has 0 fully saturated rings. The van der Waals surface area contributed by atoms with Gasteiger partial charge in [-0.1, -0.05) is 37.2 Å². The number of nitrogens with one attached hydrogen (secondary N) is 2. The molecule has 0 aliphatic carbocycles. The van der Waals surface area contributed by atoms with Gasteiger partial charge < -0.3 is 19.4 Å². The Morgan fingerprint density at radius 3 is 2.59 bits per heavy atom. The van der Waals surface area contributed by atoms with Crippen molar-refractivity contribution < 1.29 is 9.32 Å². The summed E-state index contributed by atoms with van der Waals surface area (Å²) >= 11 is 0. The van der Waals surface area contributed by atoms with Crippen molar-refractivity contribution in [2.75, 3.05) is 0 Å². The minimum atomic E-state index is -0.679. The van der Waals surface area contributed by atoms with E-state index in [-0.39, 0.29) is 17.7 Å². The fourth-order valence-electron chi connectivity index (χ4n) is 3.42. The highest BCUT2D eigenvalue weighted by molar-refractivity contribution is 5.94. The fourth-order valence-corrected chi connectivity index (χ4v) is 3.42. The number of hydrogen-bond acceptors (Lipinski definition) is 6. The molecule has 0 aliphatic heterocycles. The lowest BCUT2D eigenvalue weighted by atomic mass is 10.1. The van der Waals surface area contributed by atoms with E-state index in [0.29, 0.717) is 34.5 Å². The number of nitrogens with zero attached hydrogens (tertiary/aromatic N) is 3. The first-order valence-electron chi connectivity index (χ1n) is 10.3. The van der Waals surface area contributed by atoms with Gasteiger partial charge in [0.1, 0.15) is 6.04 Å². The third kappa shape index (κ3) is 4.22. The Hall–Kier alpha value is -4.01. The van der Waals surface area contributed by atoms with Crippen molar-refractivity contribution in [2.45, 2.75) is 33.4 Å². The van der Waals surface area contributed by atoms with E-state index in [9.17, 15) is 14.4 Å². The standard InChI is InChI=1S/C23H23N5O4/c1-13(2)12-28-18-10-9-16(11-17(18)25-21(30)23(28)31)19-26-22(32-27-19)14(3)24-20(29)15-7-5-4-6-8-15/h4-11,13-14H,12H2,1-3H3,(H,24,29)(H,25,30). The van der Waals surface area contributed by atoms with Crippen molar-refractivity contribution >= 4 is 16.9 Å². The predicted molar refractivity (Wildman–Crippen MR) is 119 cm³/mol. The summed E-state index contributed by atoms with van der Waals surface area (Å²) in [5, 5.41) is 6.83. The second kappa shape index (κ2) is 8.62. The molecule has 2 N–H and O–H groups in total. The molecule has 1 atom stereocenters. The zero-order valence-corrected chi connectivity index (χ0v) is 18.0. The van der Waals surface area contributed by atoms with Crippen LogP contribution in [-0.2, 0) is 6.54 Å². The number of H-pyrrole nitrogens is 1. The average molecular weight is 433 g/mol. The molecule has 9 nitrogen and oxygen atoms in total. The van der Waals surface area contributed by atoms with E-state index in [1.165, 1.54) is 4.57 Å². The molecule has 9 heteroatoms. The molecule has 2 aromatic carbocycles. The molecule has 4 rings (SSSR count). The first-order chi connectivity index (χ1) is 15.3. The minimum Gasteiger partial charge on any atom is -0.341 e. The normalized spacial score (nSPS) is 12.2. The van der Waals surface area contributed by atoms with E-state index in [1.54, 1.807) is 49.4 Å². The van der Waals surface area contributed by atoms with Gasteiger partial charge in [0.2, 0.25) is 11.7 Å². The van der Waals surface area contributed by atoms with E-state index < -0.39 is 17.2 Å². The molecule has 0 saturated heterocycles. The number of carbonyl (C=O) groups excluding carboxylic acids is 1. The van der Waals surface area contributed by atoms with E-state index >= 15 is 0 Å². The lowest BCUT2D eigenvalue weighted by Gasteiger charge is -2.12. The zero-order chi connectivity index (χ0) is 22.8. The molecule has 1 unspecified atom stereocenters. The maximum atomic E-state index is 12.4. The van der Waals surface area contributed by atoms with Crippen molar-refractivity contribution in [1.82, 2.24) is 25.0 Å². The Balaban J connectivity index is 1.62. The lowest BCUT2D eigenvalue weighted by Crippen LogP contribution is -2.37. The first-order valence-corrected chi connectivity index (χ1v) is 10.3. The number of amides is 1. The summed E-state index contributed by atoms with van der Waals surface area (Å²) in [6.45, 7) is 6.14. The van der Waals surface area contributed by atoms with Crippen molar-refractivity contribution in [3.63, 3.8) is 0 Å². The van der Waals surface area contributed by atoms with Gasteiger partial charge in [-0.05, 0) is 43.2 Å². The van der Waals surface area contributed by atoms with Gasteiger partial charge in [0.25, 0.3) is 5.91 Å². The second-order valence-electron chi connectivity index (χ2n) is 8.01. The van der Waals surface area contributed by atoms with Gasteiger partial charge in [-0.3, -0.25) is 14.4 Å². The summed E-state index contributed by atoms with van der Waals surface area (Å²) in [4.78, 5) is 43.8. The summed E-state index contributed by atoms with van der Waals surface area (Å²) in [6, 6.07) is 13.6. The topological polar surface area (TPSA) is 123 Å². The van der Waals surface area contributed by atoms with Crippen LogP contribution < -0.4 is 16.4 Å². The van der Waals surface area contributed by atoms with E-state index in [2.05, 4.69) is 20.4 Å². The number of aromatic amines is 1. The van der Waals surface area contributed by atoms with Gasteiger partial charge in [-0.15, -0.1) is 0 Å². The molecule has 32 heavy (non-hydrogen) atoms. The molecular formula is C23H23N5O4. The summed E-state index contributed by atoms with van der Waals surface area (Å²) in [6.07, 6.45) is 0. The van der Waals surface area contributed by atoms with Crippen LogP contribution in [0.2, 0.25) is 0 Å². The number of rotatable bonds is 6. The van der Waals surface area contributed by atoms with Crippen LogP contribution in [0.3, 0.4) is 0 Å². The van der Waals surface area contributed by atoms with Gasteiger partial charge in [-0.2, -0.15) is 4.98 Å². The van der Waals surface area contributed by atoms with Crippen LogP contribution in [0.15, 0.2) is 62.6 Å². The summed E-state index contributed by atoms with van der Waals surface area (Å²) in [7, 11) is 0. The maximum absolute atomic E-state index is 12.4. The summed E-state index contributed by atoms with van der Waals surface area (Å²) in [5.41, 5.74) is 1.01. The molecule has 0 saturated carbocycles. The van der Waals surface area contributed by atoms with Crippen molar-refractivity contribution in [1.29, 1.82) is 0 Å². The molecule has 1 amide bonds. The van der Waals surface area contributed by atoms with Gasteiger partial charge in [-0.25, -0.2) is 0 Å². The Kier molecular flexibility index (Phi) is 5.72. The average Bonchev–Trinajstić information content (AvgIpc) is 3.27. The molecule has 2 heterocycles. The zero-order valence-electron chi connectivity index (χ0n) is 18.0. The highest BCUT2D eigenvalue weighted by Crippen LogP contribution is 2.22. The smallest absolute Gasteiger partial charge is 0.316 e. The first kappa shape index (κ1) is 21.2. The quantitative estimate of drug-likeness (QED) is 0.451. The van der Waals surface area contributed by atoms with Crippen LogP contribution in [-0.4, -0.2) is 25.6 Å². The maximum Gasteiger partial charge on any atom is 0.316 e. The summed E-state index contributed by atoms with van der Waals surface area (Å²) in [5.74, 6) is 0.516. The van der Waals surface area contributed by atoms with Crippen molar-refractivity contribution in [2.24, 2.45) is 5.92 Å². The van der Waals surface area contributed by atoms with Crippen molar-refractivity contribution in [3.8, 4) is 11.4 Å². The molecule has 0 bridgehead atoms. The second-order valence-corrected chi connectivity index (χ2v) is 8.01. The number of hydrogen-bond donors (Lipinski definition) is 2.